The Bertz CT molecular complexity index is 1330. The number of anilines is 1. The van der Waals surface area contributed by atoms with Crippen LogP contribution in [-0.2, 0) is 17.9 Å². The molecule has 0 aliphatic carbocycles. The smallest absolute Gasteiger partial charge is 0.262 e. The van der Waals surface area contributed by atoms with Gasteiger partial charge >= 0.3 is 0 Å². The third-order valence-electron chi connectivity index (χ3n) is 5.02. The van der Waals surface area contributed by atoms with E-state index in [2.05, 4.69) is 15.6 Å². The first-order valence-corrected chi connectivity index (χ1v) is 11.0. The number of carbonyl (C=O) groups is 2. The van der Waals surface area contributed by atoms with Gasteiger partial charge in [-0.2, -0.15) is 0 Å². The first-order valence-electron chi connectivity index (χ1n) is 10.2. The lowest BCUT2D eigenvalue weighted by molar-refractivity contribution is -0.121. The normalized spacial score (nSPS) is 10.8. The maximum Gasteiger partial charge on any atom is 0.262 e. The maximum atomic E-state index is 12.4. The fraction of sp³-hybridized carbons (Fsp3) is 0.167. The van der Waals surface area contributed by atoms with E-state index in [4.69, 9.17) is 0 Å². The summed E-state index contributed by atoms with van der Waals surface area (Å²) in [7, 11) is 0. The molecule has 2 aromatic carbocycles. The molecule has 8 heteroatoms. The van der Waals surface area contributed by atoms with Crippen molar-refractivity contribution in [2.75, 3.05) is 5.32 Å². The van der Waals surface area contributed by atoms with Crippen LogP contribution < -0.4 is 16.2 Å². The van der Waals surface area contributed by atoms with Gasteiger partial charge in [0.25, 0.3) is 11.5 Å². The zero-order valence-corrected chi connectivity index (χ0v) is 18.3. The molecule has 2 heterocycles. The molecular formula is C24H22N4O3S. The second-order valence-corrected chi connectivity index (χ2v) is 8.32. The van der Waals surface area contributed by atoms with Crippen LogP contribution in [0.5, 0.6) is 0 Å². The molecule has 0 aliphatic heterocycles. The summed E-state index contributed by atoms with van der Waals surface area (Å²) in [6, 6.07) is 16.4. The molecule has 7 nitrogen and oxygen atoms in total. The fourth-order valence-corrected chi connectivity index (χ4v) is 3.95. The number of aryl methyl sites for hydroxylation is 2. The van der Waals surface area contributed by atoms with Gasteiger partial charge in [0, 0.05) is 30.8 Å². The molecule has 2 aromatic heterocycles. The molecule has 2 N–H and O–H groups in total. The SMILES string of the molecule is Cc1ccc(C(=O)Nc2cccc(CNC(=O)CCn3cnc4sccc4c3=O)c2)cc1. The molecule has 0 saturated heterocycles. The minimum Gasteiger partial charge on any atom is -0.352 e. The number of fused-ring (bicyclic) bond motifs is 1. The van der Waals surface area contributed by atoms with E-state index < -0.39 is 0 Å². The van der Waals surface area contributed by atoms with Crippen molar-refractivity contribution in [1.82, 2.24) is 14.9 Å². The maximum absolute atomic E-state index is 12.4. The molecule has 162 valence electrons. The van der Waals surface area contributed by atoms with E-state index in [-0.39, 0.29) is 30.3 Å². The Kier molecular flexibility index (Phi) is 6.42. The standard InChI is InChI=1S/C24H22N4O3S/c1-16-5-7-18(8-6-16)22(30)27-19-4-2-3-17(13-19)14-25-21(29)9-11-28-15-26-23-20(24(28)31)10-12-32-23/h2-8,10,12-13,15H,9,11,14H2,1H3,(H,25,29)(H,27,30). The minimum absolute atomic E-state index is 0.138. The number of carbonyl (C=O) groups excluding carboxylic acids is 2. The molecule has 0 unspecified atom stereocenters. The minimum atomic E-state index is -0.187. The topological polar surface area (TPSA) is 93.1 Å². The molecule has 4 rings (SSSR count). The molecular weight excluding hydrogens is 424 g/mol. The largest absolute Gasteiger partial charge is 0.352 e. The Morgan fingerprint density at radius 3 is 2.72 bits per heavy atom. The molecule has 0 radical (unpaired) electrons. The van der Waals surface area contributed by atoms with Crippen LogP contribution in [0.15, 0.2) is 71.1 Å². The summed E-state index contributed by atoms with van der Waals surface area (Å²) in [5.41, 5.74) is 3.05. The van der Waals surface area contributed by atoms with Gasteiger partial charge in [-0.1, -0.05) is 29.8 Å². The zero-order valence-electron chi connectivity index (χ0n) is 17.5. The van der Waals surface area contributed by atoms with E-state index in [9.17, 15) is 14.4 Å². The van der Waals surface area contributed by atoms with Crippen LogP contribution >= 0.6 is 11.3 Å². The van der Waals surface area contributed by atoms with E-state index >= 15 is 0 Å². The highest BCUT2D eigenvalue weighted by molar-refractivity contribution is 7.16. The second kappa shape index (κ2) is 9.57. The van der Waals surface area contributed by atoms with Gasteiger partial charge in [-0.05, 0) is 48.2 Å². The number of thiophene rings is 1. The van der Waals surface area contributed by atoms with E-state index in [1.165, 1.54) is 22.2 Å². The Morgan fingerprint density at radius 1 is 1.09 bits per heavy atom. The molecule has 0 atom stereocenters. The van der Waals surface area contributed by atoms with Crippen molar-refractivity contribution in [3.8, 4) is 0 Å². The van der Waals surface area contributed by atoms with Gasteiger partial charge in [-0.3, -0.25) is 19.0 Å². The van der Waals surface area contributed by atoms with Gasteiger partial charge in [-0.15, -0.1) is 11.3 Å². The van der Waals surface area contributed by atoms with Crippen LogP contribution in [-0.4, -0.2) is 21.4 Å². The van der Waals surface area contributed by atoms with Crippen LogP contribution in [0.3, 0.4) is 0 Å². The summed E-state index contributed by atoms with van der Waals surface area (Å²) in [4.78, 5) is 42.0. The average molecular weight is 447 g/mol. The van der Waals surface area contributed by atoms with E-state index in [1.54, 1.807) is 24.3 Å². The van der Waals surface area contributed by atoms with Crippen molar-refractivity contribution in [2.45, 2.75) is 26.4 Å². The Balaban J connectivity index is 1.31. The predicted octanol–water partition coefficient (Wildman–Crippen LogP) is 3.73. The van der Waals surface area contributed by atoms with Crippen molar-refractivity contribution >= 4 is 39.1 Å². The molecule has 0 spiro atoms. The summed E-state index contributed by atoms with van der Waals surface area (Å²) < 4.78 is 1.45. The number of rotatable bonds is 7. The van der Waals surface area contributed by atoms with Crippen LogP contribution in [0.4, 0.5) is 5.69 Å². The van der Waals surface area contributed by atoms with Crippen LogP contribution in [0.25, 0.3) is 10.2 Å². The summed E-state index contributed by atoms with van der Waals surface area (Å²) in [5.74, 6) is -0.357. The molecule has 0 bridgehead atoms. The van der Waals surface area contributed by atoms with Crippen molar-refractivity contribution < 1.29 is 9.59 Å². The fourth-order valence-electron chi connectivity index (χ4n) is 3.23. The van der Waals surface area contributed by atoms with Gasteiger partial charge in [0.2, 0.25) is 5.91 Å². The lowest BCUT2D eigenvalue weighted by Crippen LogP contribution is -2.27. The van der Waals surface area contributed by atoms with Crippen LogP contribution in [0, 0.1) is 6.92 Å². The lowest BCUT2D eigenvalue weighted by Gasteiger charge is -2.10. The Hall–Kier alpha value is -3.78. The van der Waals surface area contributed by atoms with Crippen molar-refractivity contribution in [3.05, 3.63) is 93.3 Å². The van der Waals surface area contributed by atoms with Crippen molar-refractivity contribution in [2.24, 2.45) is 0 Å². The highest BCUT2D eigenvalue weighted by atomic mass is 32.1. The van der Waals surface area contributed by atoms with Gasteiger partial charge in [-0.25, -0.2) is 4.98 Å². The summed E-state index contributed by atoms with van der Waals surface area (Å²) >= 11 is 1.41. The van der Waals surface area contributed by atoms with Crippen LogP contribution in [0.1, 0.15) is 27.9 Å². The Morgan fingerprint density at radius 2 is 1.91 bits per heavy atom. The van der Waals surface area contributed by atoms with Gasteiger partial charge < -0.3 is 10.6 Å². The monoisotopic (exact) mass is 446 g/mol. The van der Waals surface area contributed by atoms with Crippen molar-refractivity contribution in [3.63, 3.8) is 0 Å². The third-order valence-corrected chi connectivity index (χ3v) is 5.84. The quantitative estimate of drug-likeness (QED) is 0.452. The van der Waals surface area contributed by atoms with E-state index in [0.717, 1.165) is 11.1 Å². The molecule has 0 aliphatic rings. The number of hydrogen-bond acceptors (Lipinski definition) is 5. The molecule has 4 aromatic rings. The molecule has 0 fully saturated rings. The molecule has 32 heavy (non-hydrogen) atoms. The van der Waals surface area contributed by atoms with E-state index in [0.29, 0.717) is 28.0 Å². The highest BCUT2D eigenvalue weighted by Gasteiger charge is 2.09. The number of hydrogen-bond donors (Lipinski definition) is 2. The predicted molar refractivity (Wildman–Crippen MR) is 126 cm³/mol. The average Bonchev–Trinajstić information content (AvgIpc) is 3.28. The zero-order chi connectivity index (χ0) is 22.5. The summed E-state index contributed by atoms with van der Waals surface area (Å²) in [5, 5.41) is 8.13. The van der Waals surface area contributed by atoms with Gasteiger partial charge in [0.15, 0.2) is 0 Å². The van der Waals surface area contributed by atoms with Crippen molar-refractivity contribution in [1.29, 1.82) is 0 Å². The first kappa shape index (κ1) is 21.5. The first-order chi connectivity index (χ1) is 15.5. The number of benzene rings is 2. The number of nitrogens with zero attached hydrogens (tertiary/aromatic N) is 2. The number of aromatic nitrogens is 2. The number of amides is 2. The Labute approximate surface area is 188 Å². The molecule has 0 saturated carbocycles. The summed E-state index contributed by atoms with van der Waals surface area (Å²) in [6.45, 7) is 2.55. The van der Waals surface area contributed by atoms with Gasteiger partial charge in [0.1, 0.15) is 4.83 Å². The lowest BCUT2D eigenvalue weighted by atomic mass is 10.1. The highest BCUT2D eigenvalue weighted by Crippen LogP contribution is 2.14. The van der Waals surface area contributed by atoms with Crippen LogP contribution in [0.2, 0.25) is 0 Å². The number of nitrogens with one attached hydrogen (secondary N) is 2. The third kappa shape index (κ3) is 5.09. The molecule has 2 amide bonds. The summed E-state index contributed by atoms with van der Waals surface area (Å²) in [6.07, 6.45) is 1.65. The van der Waals surface area contributed by atoms with E-state index in [1.807, 2.05) is 42.6 Å². The second-order valence-electron chi connectivity index (χ2n) is 7.43. The van der Waals surface area contributed by atoms with Gasteiger partial charge in [0.05, 0.1) is 11.7 Å².